The van der Waals surface area contributed by atoms with Crippen molar-refractivity contribution in [2.45, 2.75) is 38.6 Å². The first-order valence-corrected chi connectivity index (χ1v) is 5.26. The molecule has 2 nitrogen and oxygen atoms in total. The Labute approximate surface area is 85.8 Å². The van der Waals surface area contributed by atoms with Crippen molar-refractivity contribution in [1.82, 2.24) is 0 Å². The molecule has 0 aromatic heterocycles. The molecule has 0 radical (unpaired) electrons. The van der Waals surface area contributed by atoms with Gasteiger partial charge in [0, 0.05) is 6.04 Å². The zero-order chi connectivity index (χ0) is 10.4. The Hall–Kier alpha value is -1.02. The highest BCUT2D eigenvalue weighted by molar-refractivity contribution is 5.31. The molecule has 0 spiro atoms. The highest BCUT2D eigenvalue weighted by Crippen LogP contribution is 2.18. The predicted octanol–water partition coefficient (Wildman–Crippen LogP) is 2.45. The van der Waals surface area contributed by atoms with Crippen LogP contribution in [0.4, 0.5) is 0 Å². The van der Waals surface area contributed by atoms with E-state index in [9.17, 15) is 5.11 Å². The van der Waals surface area contributed by atoms with Crippen LogP contribution in [0.3, 0.4) is 0 Å². The van der Waals surface area contributed by atoms with Crippen molar-refractivity contribution < 1.29 is 5.11 Å². The zero-order valence-corrected chi connectivity index (χ0v) is 8.74. The van der Waals surface area contributed by atoms with Gasteiger partial charge in [-0.25, -0.2) is 0 Å². The average Bonchev–Trinajstić information content (AvgIpc) is 2.17. The van der Waals surface area contributed by atoms with Crippen molar-refractivity contribution in [3.63, 3.8) is 0 Å². The zero-order valence-electron chi connectivity index (χ0n) is 8.74. The van der Waals surface area contributed by atoms with Gasteiger partial charge in [-0.15, -0.1) is 0 Å². The fraction of sp³-hybridized carbons (Fsp3) is 0.500. The molecule has 0 fully saturated rings. The molecule has 0 aliphatic heterocycles. The molecule has 1 aromatic rings. The molecule has 0 aliphatic rings. The number of phenolic OH excluding ortho intramolecular Hbond substituents is 1. The van der Waals surface area contributed by atoms with Crippen molar-refractivity contribution in [2.75, 3.05) is 0 Å². The molecule has 1 unspecified atom stereocenters. The molecule has 0 saturated carbocycles. The van der Waals surface area contributed by atoms with E-state index in [-0.39, 0.29) is 6.04 Å². The van der Waals surface area contributed by atoms with Crippen LogP contribution in [-0.4, -0.2) is 11.1 Å². The Morgan fingerprint density at radius 2 is 2.00 bits per heavy atom. The van der Waals surface area contributed by atoms with Gasteiger partial charge in [-0.05, 0) is 30.9 Å². The summed E-state index contributed by atoms with van der Waals surface area (Å²) in [5.74, 6) is 0.385. The molecule has 0 saturated heterocycles. The van der Waals surface area contributed by atoms with E-state index in [1.807, 2.05) is 18.2 Å². The molecule has 2 heteroatoms. The number of rotatable bonds is 5. The van der Waals surface area contributed by atoms with Crippen molar-refractivity contribution in [2.24, 2.45) is 5.73 Å². The van der Waals surface area contributed by atoms with E-state index in [0.717, 1.165) is 31.2 Å². The van der Waals surface area contributed by atoms with Crippen molar-refractivity contribution in [3.05, 3.63) is 29.8 Å². The summed E-state index contributed by atoms with van der Waals surface area (Å²) in [5.41, 5.74) is 6.90. The number of hydrogen-bond donors (Lipinski definition) is 2. The van der Waals surface area contributed by atoms with Crippen LogP contribution in [0.2, 0.25) is 0 Å². The lowest BCUT2D eigenvalue weighted by Gasteiger charge is -2.10. The first-order valence-electron chi connectivity index (χ1n) is 5.26. The van der Waals surface area contributed by atoms with Crippen LogP contribution in [0.5, 0.6) is 5.75 Å². The van der Waals surface area contributed by atoms with Gasteiger partial charge in [0.15, 0.2) is 0 Å². The van der Waals surface area contributed by atoms with Crippen molar-refractivity contribution in [3.8, 4) is 5.75 Å². The van der Waals surface area contributed by atoms with E-state index in [4.69, 9.17) is 5.73 Å². The van der Waals surface area contributed by atoms with E-state index in [1.54, 1.807) is 6.07 Å². The third kappa shape index (κ3) is 3.38. The maximum atomic E-state index is 9.51. The van der Waals surface area contributed by atoms with Crippen LogP contribution in [0.15, 0.2) is 24.3 Å². The first-order chi connectivity index (χ1) is 6.74. The number of benzene rings is 1. The van der Waals surface area contributed by atoms with Crippen molar-refractivity contribution >= 4 is 0 Å². The topological polar surface area (TPSA) is 46.2 Å². The molecule has 3 N–H and O–H groups in total. The fourth-order valence-electron chi connectivity index (χ4n) is 1.58. The average molecular weight is 193 g/mol. The highest BCUT2D eigenvalue weighted by atomic mass is 16.3. The summed E-state index contributed by atoms with van der Waals surface area (Å²) >= 11 is 0. The lowest BCUT2D eigenvalue weighted by Crippen LogP contribution is -2.20. The van der Waals surface area contributed by atoms with Gasteiger partial charge in [0.25, 0.3) is 0 Å². The van der Waals surface area contributed by atoms with E-state index in [1.165, 1.54) is 0 Å². The third-order valence-electron chi connectivity index (χ3n) is 2.44. The van der Waals surface area contributed by atoms with Gasteiger partial charge in [0.2, 0.25) is 0 Å². The quantitative estimate of drug-likeness (QED) is 0.754. The summed E-state index contributed by atoms with van der Waals surface area (Å²) in [5, 5.41) is 9.51. The van der Waals surface area contributed by atoms with Crippen LogP contribution in [0.25, 0.3) is 0 Å². The summed E-state index contributed by atoms with van der Waals surface area (Å²) in [6.07, 6.45) is 4.01. The summed E-state index contributed by atoms with van der Waals surface area (Å²) < 4.78 is 0. The van der Waals surface area contributed by atoms with Gasteiger partial charge in [-0.1, -0.05) is 31.5 Å². The molecular formula is C12H19NO. The van der Waals surface area contributed by atoms with Crippen molar-refractivity contribution in [1.29, 1.82) is 0 Å². The Bertz CT molecular complexity index is 273. The van der Waals surface area contributed by atoms with Crippen LogP contribution in [0, 0.1) is 0 Å². The number of phenols is 1. The molecule has 1 atom stereocenters. The lowest BCUT2D eigenvalue weighted by molar-refractivity contribution is 0.463. The molecule has 78 valence electrons. The second-order valence-corrected chi connectivity index (χ2v) is 3.72. The van der Waals surface area contributed by atoms with Gasteiger partial charge in [0.1, 0.15) is 5.75 Å². The van der Waals surface area contributed by atoms with Crippen LogP contribution >= 0.6 is 0 Å². The van der Waals surface area contributed by atoms with Gasteiger partial charge >= 0.3 is 0 Å². The summed E-state index contributed by atoms with van der Waals surface area (Å²) in [6.45, 7) is 2.14. The predicted molar refractivity (Wildman–Crippen MR) is 59.3 cm³/mol. The molecule has 0 amide bonds. The number of aromatic hydroxyl groups is 1. The molecular weight excluding hydrogens is 174 g/mol. The second-order valence-electron chi connectivity index (χ2n) is 3.72. The summed E-state index contributed by atoms with van der Waals surface area (Å²) in [4.78, 5) is 0. The third-order valence-corrected chi connectivity index (χ3v) is 2.44. The minimum Gasteiger partial charge on any atom is -0.508 e. The Kier molecular flexibility index (Phi) is 4.47. The molecule has 1 rings (SSSR count). The Balaban J connectivity index is 2.41. The SMILES string of the molecule is CCCC(N)CCc1ccccc1O. The molecule has 0 bridgehead atoms. The molecule has 0 heterocycles. The minimum atomic E-state index is 0.264. The van der Waals surface area contributed by atoms with Gasteiger partial charge in [0.05, 0.1) is 0 Å². The molecule has 14 heavy (non-hydrogen) atoms. The Morgan fingerprint density at radius 1 is 1.29 bits per heavy atom. The van der Waals surface area contributed by atoms with Gasteiger partial charge < -0.3 is 10.8 Å². The monoisotopic (exact) mass is 193 g/mol. The fourth-order valence-corrected chi connectivity index (χ4v) is 1.58. The van der Waals surface area contributed by atoms with Crippen LogP contribution in [0.1, 0.15) is 31.7 Å². The van der Waals surface area contributed by atoms with Gasteiger partial charge in [-0.3, -0.25) is 0 Å². The standard InChI is InChI=1S/C12H19NO/c1-2-5-11(13)9-8-10-6-3-4-7-12(10)14/h3-4,6-7,11,14H,2,5,8-9,13H2,1H3. The highest BCUT2D eigenvalue weighted by Gasteiger charge is 2.04. The van der Waals surface area contributed by atoms with E-state index < -0.39 is 0 Å². The smallest absolute Gasteiger partial charge is 0.118 e. The summed E-state index contributed by atoms with van der Waals surface area (Å²) in [6, 6.07) is 7.72. The van der Waals surface area contributed by atoms with Crippen LogP contribution in [-0.2, 0) is 6.42 Å². The normalized spacial score (nSPS) is 12.7. The first kappa shape index (κ1) is 11.1. The molecule has 1 aromatic carbocycles. The van der Waals surface area contributed by atoms with Gasteiger partial charge in [-0.2, -0.15) is 0 Å². The largest absolute Gasteiger partial charge is 0.508 e. The maximum Gasteiger partial charge on any atom is 0.118 e. The maximum absolute atomic E-state index is 9.51. The number of aryl methyl sites for hydroxylation is 1. The summed E-state index contributed by atoms with van der Waals surface area (Å²) in [7, 11) is 0. The number of para-hydroxylation sites is 1. The van der Waals surface area contributed by atoms with E-state index in [2.05, 4.69) is 6.92 Å². The lowest BCUT2D eigenvalue weighted by atomic mass is 10.0. The minimum absolute atomic E-state index is 0.264. The second kappa shape index (κ2) is 5.66. The number of nitrogens with two attached hydrogens (primary N) is 1. The van der Waals surface area contributed by atoms with Crippen LogP contribution < -0.4 is 5.73 Å². The number of hydrogen-bond acceptors (Lipinski definition) is 2. The molecule has 0 aliphatic carbocycles. The van der Waals surface area contributed by atoms with E-state index in [0.29, 0.717) is 5.75 Å². The van der Waals surface area contributed by atoms with E-state index >= 15 is 0 Å². The Morgan fingerprint density at radius 3 is 2.64 bits per heavy atom.